The molecule has 21 heavy (non-hydrogen) atoms. The van der Waals surface area contributed by atoms with E-state index >= 15 is 0 Å². The standard InChI is InChI=1S/C15H25N3O2S/c1-12(10-18-6-8-20-9-7-18)15(19)16-5-3-4-14-13(2)17-11-21-14/h11-12H,3-10H2,1-2H3,(H,16,19). The minimum Gasteiger partial charge on any atom is -0.379 e. The van der Waals surface area contributed by atoms with Crippen molar-refractivity contribution in [2.24, 2.45) is 5.92 Å². The zero-order chi connectivity index (χ0) is 15.1. The van der Waals surface area contributed by atoms with Crippen molar-refractivity contribution in [2.45, 2.75) is 26.7 Å². The predicted octanol–water partition coefficient (Wildman–Crippen LogP) is 1.47. The highest BCUT2D eigenvalue weighted by Crippen LogP contribution is 2.13. The molecule has 1 aromatic heterocycles. The first-order chi connectivity index (χ1) is 10.2. The number of rotatable bonds is 7. The Labute approximate surface area is 130 Å². The molecule has 1 saturated heterocycles. The van der Waals surface area contributed by atoms with Gasteiger partial charge >= 0.3 is 0 Å². The van der Waals surface area contributed by atoms with Crippen LogP contribution in [0.3, 0.4) is 0 Å². The topological polar surface area (TPSA) is 54.5 Å². The van der Waals surface area contributed by atoms with Crippen LogP contribution in [0, 0.1) is 12.8 Å². The van der Waals surface area contributed by atoms with Gasteiger partial charge in [-0.3, -0.25) is 9.69 Å². The number of nitrogens with zero attached hydrogens (tertiary/aromatic N) is 2. The molecule has 1 amide bonds. The number of hydrogen-bond donors (Lipinski definition) is 1. The molecule has 0 radical (unpaired) electrons. The van der Waals surface area contributed by atoms with Gasteiger partial charge in [-0.1, -0.05) is 6.92 Å². The first kappa shape index (κ1) is 16.4. The number of aromatic nitrogens is 1. The van der Waals surface area contributed by atoms with Crippen LogP contribution in [0.4, 0.5) is 0 Å². The van der Waals surface area contributed by atoms with Crippen LogP contribution in [-0.2, 0) is 16.0 Å². The van der Waals surface area contributed by atoms with Gasteiger partial charge in [0.05, 0.1) is 24.4 Å². The Morgan fingerprint density at radius 3 is 2.95 bits per heavy atom. The minimum absolute atomic E-state index is 0.0354. The summed E-state index contributed by atoms with van der Waals surface area (Å²) in [6.07, 6.45) is 1.97. The number of thiazole rings is 1. The van der Waals surface area contributed by atoms with Gasteiger partial charge in [0.25, 0.3) is 0 Å². The number of ether oxygens (including phenoxy) is 1. The molecule has 1 unspecified atom stereocenters. The summed E-state index contributed by atoms with van der Waals surface area (Å²) in [5, 5.41) is 3.04. The average Bonchev–Trinajstić information content (AvgIpc) is 2.90. The van der Waals surface area contributed by atoms with Crippen LogP contribution in [-0.4, -0.2) is 55.2 Å². The molecule has 1 fully saturated rings. The summed E-state index contributed by atoms with van der Waals surface area (Å²) in [6, 6.07) is 0. The zero-order valence-electron chi connectivity index (χ0n) is 12.9. The van der Waals surface area contributed by atoms with Gasteiger partial charge in [0.15, 0.2) is 0 Å². The van der Waals surface area contributed by atoms with Crippen LogP contribution in [0.25, 0.3) is 0 Å². The highest BCUT2D eigenvalue weighted by atomic mass is 32.1. The van der Waals surface area contributed by atoms with Crippen LogP contribution in [0.2, 0.25) is 0 Å². The minimum atomic E-state index is 0.0354. The molecule has 118 valence electrons. The molecule has 2 rings (SSSR count). The molecule has 0 aliphatic carbocycles. The van der Waals surface area contributed by atoms with Crippen molar-refractivity contribution in [2.75, 3.05) is 39.4 Å². The van der Waals surface area contributed by atoms with Gasteiger partial charge in [0.2, 0.25) is 5.91 Å². The number of hydrogen-bond acceptors (Lipinski definition) is 5. The first-order valence-corrected chi connectivity index (χ1v) is 8.51. The molecular formula is C15H25N3O2S. The van der Waals surface area contributed by atoms with Crippen LogP contribution < -0.4 is 5.32 Å². The third-order valence-corrected chi connectivity index (χ3v) is 4.80. The van der Waals surface area contributed by atoms with E-state index in [1.165, 1.54) is 4.88 Å². The van der Waals surface area contributed by atoms with Gasteiger partial charge in [-0.05, 0) is 19.8 Å². The molecule has 2 heterocycles. The largest absolute Gasteiger partial charge is 0.379 e. The first-order valence-electron chi connectivity index (χ1n) is 7.63. The second-order valence-corrected chi connectivity index (χ2v) is 6.51. The van der Waals surface area contributed by atoms with Crippen LogP contribution in [0.1, 0.15) is 23.9 Å². The molecule has 0 bridgehead atoms. The van der Waals surface area contributed by atoms with Crippen molar-refractivity contribution in [1.29, 1.82) is 0 Å². The highest BCUT2D eigenvalue weighted by molar-refractivity contribution is 7.09. The highest BCUT2D eigenvalue weighted by Gasteiger charge is 2.18. The van der Waals surface area contributed by atoms with E-state index in [-0.39, 0.29) is 11.8 Å². The van der Waals surface area contributed by atoms with Crippen LogP contribution in [0.5, 0.6) is 0 Å². The zero-order valence-corrected chi connectivity index (χ0v) is 13.7. The summed E-state index contributed by atoms with van der Waals surface area (Å²) in [5.74, 6) is 0.191. The third kappa shape index (κ3) is 5.37. The summed E-state index contributed by atoms with van der Waals surface area (Å²) in [7, 11) is 0. The Morgan fingerprint density at radius 2 is 2.29 bits per heavy atom. The van der Waals surface area contributed by atoms with E-state index in [0.717, 1.165) is 57.9 Å². The fourth-order valence-corrected chi connectivity index (χ4v) is 3.28. The van der Waals surface area contributed by atoms with Gasteiger partial charge < -0.3 is 10.1 Å². The smallest absolute Gasteiger partial charge is 0.224 e. The normalized spacial score (nSPS) is 17.6. The molecule has 0 spiro atoms. The monoisotopic (exact) mass is 311 g/mol. The number of aryl methyl sites for hydroxylation is 2. The SMILES string of the molecule is Cc1ncsc1CCCNC(=O)C(C)CN1CCOCC1. The van der Waals surface area contributed by atoms with Crippen molar-refractivity contribution in [1.82, 2.24) is 15.2 Å². The summed E-state index contributed by atoms with van der Waals surface area (Å²) >= 11 is 1.70. The lowest BCUT2D eigenvalue weighted by Crippen LogP contribution is -2.42. The van der Waals surface area contributed by atoms with E-state index in [0.29, 0.717) is 0 Å². The van der Waals surface area contributed by atoms with E-state index in [1.54, 1.807) is 11.3 Å². The van der Waals surface area contributed by atoms with Crippen molar-refractivity contribution in [3.63, 3.8) is 0 Å². The Bertz CT molecular complexity index is 444. The number of amides is 1. The Hall–Kier alpha value is -0.980. The average molecular weight is 311 g/mol. The van der Waals surface area contributed by atoms with E-state index in [9.17, 15) is 4.79 Å². The lowest BCUT2D eigenvalue weighted by molar-refractivity contribution is -0.125. The number of carbonyl (C=O) groups is 1. The third-order valence-electron chi connectivity index (χ3n) is 3.81. The van der Waals surface area contributed by atoms with E-state index in [4.69, 9.17) is 4.74 Å². The van der Waals surface area contributed by atoms with Gasteiger partial charge in [-0.2, -0.15) is 0 Å². The molecule has 1 atom stereocenters. The molecule has 5 nitrogen and oxygen atoms in total. The number of carbonyl (C=O) groups excluding carboxylic acids is 1. The van der Waals surface area contributed by atoms with E-state index < -0.39 is 0 Å². The van der Waals surface area contributed by atoms with Gasteiger partial charge in [-0.25, -0.2) is 4.98 Å². The van der Waals surface area contributed by atoms with Gasteiger partial charge in [-0.15, -0.1) is 11.3 Å². The van der Waals surface area contributed by atoms with Crippen molar-refractivity contribution < 1.29 is 9.53 Å². The van der Waals surface area contributed by atoms with Crippen molar-refractivity contribution in [3.05, 3.63) is 16.1 Å². The second kappa shape index (κ2) is 8.46. The maximum Gasteiger partial charge on any atom is 0.224 e. The Morgan fingerprint density at radius 1 is 1.52 bits per heavy atom. The van der Waals surface area contributed by atoms with Crippen LogP contribution >= 0.6 is 11.3 Å². The maximum absolute atomic E-state index is 12.1. The molecule has 0 saturated carbocycles. The lowest BCUT2D eigenvalue weighted by Gasteiger charge is -2.28. The lowest BCUT2D eigenvalue weighted by atomic mass is 10.1. The van der Waals surface area contributed by atoms with Gasteiger partial charge in [0.1, 0.15) is 0 Å². The Balaban J connectivity index is 1.61. The molecule has 1 aliphatic rings. The fraction of sp³-hybridized carbons (Fsp3) is 0.733. The van der Waals surface area contributed by atoms with Crippen molar-refractivity contribution in [3.8, 4) is 0 Å². The maximum atomic E-state index is 12.1. The van der Waals surface area contributed by atoms with E-state index in [1.807, 2.05) is 19.4 Å². The van der Waals surface area contributed by atoms with Gasteiger partial charge in [0, 0.05) is 37.0 Å². The summed E-state index contributed by atoms with van der Waals surface area (Å²) in [5.41, 5.74) is 3.00. The molecule has 1 aliphatic heterocycles. The molecule has 6 heteroatoms. The fourth-order valence-electron chi connectivity index (χ4n) is 2.45. The van der Waals surface area contributed by atoms with E-state index in [2.05, 4.69) is 15.2 Å². The molecule has 1 N–H and O–H groups in total. The predicted molar refractivity (Wildman–Crippen MR) is 84.6 cm³/mol. The molecule has 1 aromatic rings. The Kier molecular flexibility index (Phi) is 6.60. The number of nitrogens with one attached hydrogen (secondary N) is 1. The molecule has 0 aromatic carbocycles. The quantitative estimate of drug-likeness (QED) is 0.775. The van der Waals surface area contributed by atoms with Crippen LogP contribution in [0.15, 0.2) is 5.51 Å². The summed E-state index contributed by atoms with van der Waals surface area (Å²) < 4.78 is 5.32. The summed E-state index contributed by atoms with van der Waals surface area (Å²) in [6.45, 7) is 9.02. The second-order valence-electron chi connectivity index (χ2n) is 5.57. The molecular weight excluding hydrogens is 286 g/mol. The van der Waals surface area contributed by atoms with Crippen molar-refractivity contribution >= 4 is 17.2 Å². The number of morpholine rings is 1. The summed E-state index contributed by atoms with van der Waals surface area (Å²) in [4.78, 5) is 19.9.